The highest BCUT2D eigenvalue weighted by atomic mass is 32.2. The first kappa shape index (κ1) is 29.4. The molecule has 3 saturated carbocycles. The predicted molar refractivity (Wildman–Crippen MR) is 140 cm³/mol. The largest absolute Gasteiger partial charge is 0.481 e. The molecule has 0 aromatic rings. The summed E-state index contributed by atoms with van der Waals surface area (Å²) in [4.78, 5) is 24.9. The average Bonchev–Trinajstić information content (AvgIpc) is 3.16. The molecule has 5 atom stereocenters. The molecule has 9 nitrogen and oxygen atoms in total. The summed E-state index contributed by atoms with van der Waals surface area (Å²) in [5.74, 6) is 0.821. The standard InChI is InChI=1S/C25H46BN3O6S/c1-7-36(32,33)28-12-10-8-9-11-22(30)27-16-23(31)29-21(13-17(2)3)26-34-20-15-18-14-19(24(18,4)5)25(20,6)35-26/h17-21,28H,7-16H2,1-6H3,(H,27,30)(H,29,31)/t18-,19-,20+,21-,25-/m0/s1. The van der Waals surface area contributed by atoms with E-state index in [0.717, 1.165) is 19.3 Å². The van der Waals surface area contributed by atoms with Crippen LogP contribution in [0.3, 0.4) is 0 Å². The number of amides is 2. The van der Waals surface area contributed by atoms with E-state index < -0.39 is 17.1 Å². The molecule has 1 heterocycles. The zero-order chi connectivity index (χ0) is 26.7. The van der Waals surface area contributed by atoms with Gasteiger partial charge in [0.15, 0.2) is 0 Å². The van der Waals surface area contributed by atoms with Gasteiger partial charge in [-0.05, 0) is 69.1 Å². The summed E-state index contributed by atoms with van der Waals surface area (Å²) in [6, 6.07) is 0. The van der Waals surface area contributed by atoms with E-state index >= 15 is 0 Å². The first-order chi connectivity index (χ1) is 16.8. The van der Waals surface area contributed by atoms with Gasteiger partial charge in [-0.3, -0.25) is 9.59 Å². The van der Waals surface area contributed by atoms with Gasteiger partial charge in [0.1, 0.15) is 0 Å². The Labute approximate surface area is 217 Å². The molecule has 0 aromatic heterocycles. The third-order valence-electron chi connectivity index (χ3n) is 8.60. The van der Waals surface area contributed by atoms with E-state index in [4.69, 9.17) is 9.31 Å². The van der Waals surface area contributed by atoms with Gasteiger partial charge >= 0.3 is 7.12 Å². The molecule has 4 rings (SSSR count). The molecule has 206 valence electrons. The Bertz CT molecular complexity index is 898. The van der Waals surface area contributed by atoms with Crippen molar-refractivity contribution in [2.24, 2.45) is 23.2 Å². The van der Waals surface area contributed by atoms with E-state index in [2.05, 4.69) is 50.0 Å². The van der Waals surface area contributed by atoms with E-state index in [0.29, 0.717) is 43.6 Å². The lowest BCUT2D eigenvalue weighted by atomic mass is 9.43. The van der Waals surface area contributed by atoms with Crippen molar-refractivity contribution in [2.45, 2.75) is 104 Å². The third-order valence-corrected chi connectivity index (χ3v) is 10.0. The van der Waals surface area contributed by atoms with Gasteiger partial charge in [-0.15, -0.1) is 0 Å². The van der Waals surface area contributed by atoms with Crippen molar-refractivity contribution in [1.82, 2.24) is 15.4 Å². The highest BCUT2D eigenvalue weighted by Gasteiger charge is 2.68. The molecule has 4 fully saturated rings. The molecule has 3 aliphatic carbocycles. The van der Waals surface area contributed by atoms with E-state index in [1.807, 2.05) is 0 Å². The van der Waals surface area contributed by atoms with Gasteiger partial charge in [-0.2, -0.15) is 0 Å². The Kier molecular flexibility index (Phi) is 9.55. The molecule has 0 aromatic carbocycles. The molecule has 11 heteroatoms. The van der Waals surface area contributed by atoms with Crippen LogP contribution in [0.25, 0.3) is 0 Å². The maximum absolute atomic E-state index is 12.7. The van der Waals surface area contributed by atoms with Crippen LogP contribution in [0.5, 0.6) is 0 Å². The summed E-state index contributed by atoms with van der Waals surface area (Å²) in [5, 5.41) is 5.75. The maximum Gasteiger partial charge on any atom is 0.481 e. The van der Waals surface area contributed by atoms with Crippen LogP contribution < -0.4 is 15.4 Å². The minimum absolute atomic E-state index is 0.0582. The Morgan fingerprint density at radius 3 is 2.44 bits per heavy atom. The highest BCUT2D eigenvalue weighted by Crippen LogP contribution is 2.65. The molecular formula is C25H46BN3O6S. The fourth-order valence-electron chi connectivity index (χ4n) is 6.26. The minimum Gasteiger partial charge on any atom is -0.404 e. The summed E-state index contributed by atoms with van der Waals surface area (Å²) in [6.07, 6.45) is 5.31. The van der Waals surface area contributed by atoms with Gasteiger partial charge in [0.05, 0.1) is 29.9 Å². The van der Waals surface area contributed by atoms with Crippen molar-refractivity contribution in [3.05, 3.63) is 0 Å². The fourth-order valence-corrected chi connectivity index (χ4v) is 6.92. The lowest BCUT2D eigenvalue weighted by Gasteiger charge is -2.64. The lowest BCUT2D eigenvalue weighted by molar-refractivity contribution is -0.199. The van der Waals surface area contributed by atoms with Crippen LogP contribution in [0.2, 0.25) is 0 Å². The van der Waals surface area contributed by atoms with Gasteiger partial charge in [-0.1, -0.05) is 34.1 Å². The van der Waals surface area contributed by atoms with Crippen LogP contribution in [0.4, 0.5) is 0 Å². The number of unbranched alkanes of at least 4 members (excludes halogenated alkanes) is 2. The molecule has 3 N–H and O–H groups in total. The summed E-state index contributed by atoms with van der Waals surface area (Å²) < 4.78 is 38.3. The van der Waals surface area contributed by atoms with Crippen LogP contribution in [-0.4, -0.2) is 63.8 Å². The van der Waals surface area contributed by atoms with Crippen LogP contribution in [0, 0.1) is 23.2 Å². The predicted octanol–water partition coefficient (Wildman–Crippen LogP) is 2.40. The first-order valence-corrected chi connectivity index (χ1v) is 15.3. The fraction of sp³-hybridized carbons (Fsp3) is 0.920. The smallest absolute Gasteiger partial charge is 0.404 e. The number of sulfonamides is 1. The molecule has 4 aliphatic rings. The second-order valence-electron chi connectivity index (χ2n) is 12.0. The van der Waals surface area contributed by atoms with Gasteiger partial charge in [0.2, 0.25) is 21.8 Å². The van der Waals surface area contributed by atoms with Crippen molar-refractivity contribution in [3.63, 3.8) is 0 Å². The second-order valence-corrected chi connectivity index (χ2v) is 14.1. The maximum atomic E-state index is 12.7. The topological polar surface area (TPSA) is 123 Å². The molecule has 0 radical (unpaired) electrons. The summed E-state index contributed by atoms with van der Waals surface area (Å²) in [6.45, 7) is 12.9. The van der Waals surface area contributed by atoms with Crippen molar-refractivity contribution < 1.29 is 27.3 Å². The average molecular weight is 528 g/mol. The van der Waals surface area contributed by atoms with Crippen LogP contribution in [0.15, 0.2) is 0 Å². The molecule has 1 saturated heterocycles. The molecule has 36 heavy (non-hydrogen) atoms. The monoisotopic (exact) mass is 527 g/mol. The number of nitrogens with one attached hydrogen (secondary N) is 3. The van der Waals surface area contributed by atoms with Crippen LogP contribution in [0.1, 0.15) is 86.5 Å². The summed E-state index contributed by atoms with van der Waals surface area (Å²) in [7, 11) is -3.66. The van der Waals surface area contributed by atoms with Gasteiger partial charge in [0, 0.05) is 13.0 Å². The summed E-state index contributed by atoms with van der Waals surface area (Å²) in [5.41, 5.74) is -0.0678. The molecule has 2 amide bonds. The molecular weight excluding hydrogens is 481 g/mol. The number of rotatable bonds is 14. The third kappa shape index (κ3) is 6.82. The molecule has 0 unspecified atom stereocenters. The molecule has 0 spiro atoms. The van der Waals surface area contributed by atoms with Crippen LogP contribution in [-0.2, 0) is 28.9 Å². The second kappa shape index (κ2) is 11.7. The highest BCUT2D eigenvalue weighted by molar-refractivity contribution is 7.89. The summed E-state index contributed by atoms with van der Waals surface area (Å²) >= 11 is 0. The zero-order valence-corrected chi connectivity index (χ0v) is 23.7. The zero-order valence-electron chi connectivity index (χ0n) is 22.9. The van der Waals surface area contributed by atoms with Gasteiger partial charge in [0.25, 0.3) is 0 Å². The van der Waals surface area contributed by atoms with Crippen molar-refractivity contribution in [3.8, 4) is 0 Å². The molecule has 1 aliphatic heterocycles. The normalized spacial score (nSPS) is 29.4. The number of carbonyl (C=O) groups is 2. The van der Waals surface area contributed by atoms with E-state index in [-0.39, 0.29) is 47.2 Å². The first-order valence-electron chi connectivity index (χ1n) is 13.6. The van der Waals surface area contributed by atoms with Gasteiger partial charge < -0.3 is 19.9 Å². The Morgan fingerprint density at radius 1 is 1.08 bits per heavy atom. The SMILES string of the molecule is CCS(=O)(=O)NCCCCCC(=O)NCC(=O)N[C@@H](CC(C)C)B1O[C@@H]2C[C@@H]3C[C@@H](C3(C)C)[C@]2(C)O1. The van der Waals surface area contributed by atoms with Gasteiger partial charge in [-0.25, -0.2) is 13.1 Å². The van der Waals surface area contributed by atoms with E-state index in [1.54, 1.807) is 6.92 Å². The minimum atomic E-state index is -3.17. The van der Waals surface area contributed by atoms with E-state index in [9.17, 15) is 18.0 Å². The molecule has 2 bridgehead atoms. The van der Waals surface area contributed by atoms with Crippen molar-refractivity contribution in [2.75, 3.05) is 18.8 Å². The lowest BCUT2D eigenvalue weighted by Crippen LogP contribution is -2.65. The Morgan fingerprint density at radius 2 is 1.81 bits per heavy atom. The number of carbonyl (C=O) groups excluding carboxylic acids is 2. The van der Waals surface area contributed by atoms with Crippen molar-refractivity contribution >= 4 is 29.0 Å². The van der Waals surface area contributed by atoms with E-state index in [1.165, 1.54) is 6.42 Å². The Balaban J connectivity index is 1.41. The van der Waals surface area contributed by atoms with Crippen LogP contribution >= 0.6 is 0 Å². The van der Waals surface area contributed by atoms with Crippen molar-refractivity contribution in [1.29, 1.82) is 0 Å². The quantitative estimate of drug-likeness (QED) is 0.236. The number of hydrogen-bond donors (Lipinski definition) is 3. The number of hydrogen-bond acceptors (Lipinski definition) is 6. The Hall–Kier alpha value is -1.17.